The summed E-state index contributed by atoms with van der Waals surface area (Å²) in [5.41, 5.74) is 4.70. The molecule has 0 bridgehead atoms. The third-order valence-corrected chi connectivity index (χ3v) is 4.78. The number of ether oxygens (including phenoxy) is 2. The summed E-state index contributed by atoms with van der Waals surface area (Å²) in [5.74, 6) is -0.537. The van der Waals surface area contributed by atoms with Gasteiger partial charge in [-0.25, -0.2) is 0 Å². The summed E-state index contributed by atoms with van der Waals surface area (Å²) in [6, 6.07) is 9.32. The molecule has 0 saturated heterocycles. The Morgan fingerprint density at radius 2 is 1.89 bits per heavy atom. The van der Waals surface area contributed by atoms with Gasteiger partial charge in [-0.1, -0.05) is 29.3 Å². The fourth-order valence-corrected chi connectivity index (χ4v) is 3.52. The molecule has 5 nitrogen and oxygen atoms in total. The van der Waals surface area contributed by atoms with E-state index < -0.39 is 11.9 Å². The zero-order valence-electron chi connectivity index (χ0n) is 15.6. The molecular weight excluding hydrogens is 366 g/mol. The van der Waals surface area contributed by atoms with E-state index in [0.29, 0.717) is 11.4 Å². The van der Waals surface area contributed by atoms with Crippen molar-refractivity contribution in [3.63, 3.8) is 0 Å². The molecule has 1 heterocycles. The van der Waals surface area contributed by atoms with Gasteiger partial charge in [-0.05, 0) is 62.1 Å². The molecule has 1 aliphatic rings. The molecule has 0 radical (unpaired) electrons. The molecule has 1 amide bonds. The van der Waals surface area contributed by atoms with Crippen molar-refractivity contribution in [1.29, 1.82) is 0 Å². The monoisotopic (exact) mass is 387 g/mol. The molecule has 0 unspecified atom stereocenters. The molecule has 6 heteroatoms. The Hall–Kier alpha value is -2.53. The molecule has 0 saturated carbocycles. The van der Waals surface area contributed by atoms with Crippen LogP contribution >= 0.6 is 11.6 Å². The van der Waals surface area contributed by atoms with Gasteiger partial charge in [0.1, 0.15) is 12.4 Å². The number of hydrogen-bond acceptors (Lipinski definition) is 4. The van der Waals surface area contributed by atoms with Crippen molar-refractivity contribution >= 4 is 29.2 Å². The van der Waals surface area contributed by atoms with Crippen molar-refractivity contribution in [2.45, 2.75) is 27.2 Å². The van der Waals surface area contributed by atoms with E-state index in [2.05, 4.69) is 5.32 Å². The number of carbonyl (C=O) groups is 2. The normalized spacial score (nSPS) is 15.5. The van der Waals surface area contributed by atoms with Crippen LogP contribution < -0.4 is 10.1 Å². The first kappa shape index (κ1) is 19.2. The van der Waals surface area contributed by atoms with Gasteiger partial charge < -0.3 is 14.8 Å². The number of nitrogens with one attached hydrogen (secondary N) is 1. The average Bonchev–Trinajstić information content (AvgIpc) is 2.62. The predicted octanol–water partition coefficient (Wildman–Crippen LogP) is 4.00. The second-order valence-corrected chi connectivity index (χ2v) is 7.33. The van der Waals surface area contributed by atoms with Crippen molar-refractivity contribution in [3.8, 4) is 5.75 Å². The maximum atomic E-state index is 12.3. The quantitative estimate of drug-likeness (QED) is 0.805. The van der Waals surface area contributed by atoms with Crippen molar-refractivity contribution in [1.82, 2.24) is 0 Å². The largest absolute Gasteiger partial charge is 0.492 e. The van der Waals surface area contributed by atoms with Gasteiger partial charge >= 0.3 is 5.97 Å². The fraction of sp³-hybridized carbons (Fsp3) is 0.333. The van der Waals surface area contributed by atoms with Gasteiger partial charge in [-0.3, -0.25) is 9.59 Å². The summed E-state index contributed by atoms with van der Waals surface area (Å²) in [5, 5.41) is 3.41. The molecule has 1 aliphatic heterocycles. The van der Waals surface area contributed by atoms with Crippen LogP contribution in [0.25, 0.3) is 0 Å². The Morgan fingerprint density at radius 1 is 1.19 bits per heavy atom. The topological polar surface area (TPSA) is 64.6 Å². The van der Waals surface area contributed by atoms with Crippen LogP contribution in [0.5, 0.6) is 5.75 Å². The summed E-state index contributed by atoms with van der Waals surface area (Å²) in [7, 11) is 0. The first-order valence-corrected chi connectivity index (χ1v) is 9.17. The van der Waals surface area contributed by atoms with Gasteiger partial charge in [0.05, 0.1) is 5.92 Å². The molecule has 0 spiro atoms. The fourth-order valence-electron chi connectivity index (χ4n) is 3.32. The Labute approximate surface area is 163 Å². The standard InChI is InChI=1S/C21H22ClNO4/c1-12-6-13(2)20(14(3)7-12)23-19(24)11-27-21(25)16-8-15-9-17(22)4-5-18(15)26-10-16/h4-7,9,16H,8,10-11H2,1-3H3,(H,23,24)/t16-/m1/s1. The summed E-state index contributed by atoms with van der Waals surface area (Å²) in [6.45, 7) is 5.77. The lowest BCUT2D eigenvalue weighted by molar-refractivity contribution is -0.152. The molecular formula is C21H22ClNO4. The summed E-state index contributed by atoms with van der Waals surface area (Å²) < 4.78 is 10.8. The highest BCUT2D eigenvalue weighted by atomic mass is 35.5. The lowest BCUT2D eigenvalue weighted by Gasteiger charge is -2.24. The molecule has 0 aromatic heterocycles. The molecule has 3 rings (SSSR count). The molecule has 27 heavy (non-hydrogen) atoms. The van der Waals surface area contributed by atoms with Crippen molar-refractivity contribution < 1.29 is 19.1 Å². The Balaban J connectivity index is 1.56. The van der Waals surface area contributed by atoms with Gasteiger partial charge in [-0.15, -0.1) is 0 Å². The summed E-state index contributed by atoms with van der Waals surface area (Å²) >= 11 is 5.99. The third kappa shape index (κ3) is 4.61. The van der Waals surface area contributed by atoms with Crippen LogP contribution in [-0.2, 0) is 20.7 Å². The number of fused-ring (bicyclic) bond motifs is 1. The van der Waals surface area contributed by atoms with Crippen LogP contribution in [0.2, 0.25) is 5.02 Å². The van der Waals surface area contributed by atoms with Crippen LogP contribution in [0.4, 0.5) is 5.69 Å². The van der Waals surface area contributed by atoms with E-state index in [9.17, 15) is 9.59 Å². The van der Waals surface area contributed by atoms with Gasteiger partial charge in [0, 0.05) is 10.7 Å². The van der Waals surface area contributed by atoms with Crippen LogP contribution in [0, 0.1) is 26.7 Å². The molecule has 1 N–H and O–H groups in total. The second kappa shape index (κ2) is 8.01. The average molecular weight is 388 g/mol. The second-order valence-electron chi connectivity index (χ2n) is 6.89. The first-order valence-electron chi connectivity index (χ1n) is 8.79. The van der Waals surface area contributed by atoms with E-state index in [-0.39, 0.29) is 19.1 Å². The predicted molar refractivity (Wildman–Crippen MR) is 104 cm³/mol. The smallest absolute Gasteiger partial charge is 0.313 e. The molecule has 1 atom stereocenters. The highest BCUT2D eigenvalue weighted by molar-refractivity contribution is 6.30. The van der Waals surface area contributed by atoms with Crippen molar-refractivity contribution in [3.05, 3.63) is 57.6 Å². The maximum Gasteiger partial charge on any atom is 0.313 e. The van der Waals surface area contributed by atoms with Crippen molar-refractivity contribution in [2.24, 2.45) is 5.92 Å². The minimum absolute atomic E-state index is 0.227. The van der Waals surface area contributed by atoms with E-state index in [4.69, 9.17) is 21.1 Å². The van der Waals surface area contributed by atoms with E-state index in [1.54, 1.807) is 18.2 Å². The number of esters is 1. The Morgan fingerprint density at radius 3 is 2.59 bits per heavy atom. The lowest BCUT2D eigenvalue weighted by Crippen LogP contribution is -2.32. The van der Waals surface area contributed by atoms with Crippen LogP contribution in [0.3, 0.4) is 0 Å². The molecule has 2 aromatic rings. The van der Waals surface area contributed by atoms with Crippen molar-refractivity contribution in [2.75, 3.05) is 18.5 Å². The van der Waals surface area contributed by atoms with E-state index in [1.807, 2.05) is 32.9 Å². The van der Waals surface area contributed by atoms with Gasteiger partial charge in [0.25, 0.3) is 5.91 Å². The molecule has 0 aliphatic carbocycles. The number of halogens is 1. The van der Waals surface area contributed by atoms with Crippen LogP contribution in [-0.4, -0.2) is 25.1 Å². The number of carbonyl (C=O) groups excluding carboxylic acids is 2. The first-order chi connectivity index (χ1) is 12.8. The zero-order valence-corrected chi connectivity index (χ0v) is 16.4. The number of hydrogen-bond donors (Lipinski definition) is 1. The number of benzene rings is 2. The number of amides is 1. The zero-order chi connectivity index (χ0) is 19.6. The van der Waals surface area contributed by atoms with Gasteiger partial charge in [-0.2, -0.15) is 0 Å². The van der Waals surface area contributed by atoms with Gasteiger partial charge in [0.15, 0.2) is 6.61 Å². The maximum absolute atomic E-state index is 12.3. The summed E-state index contributed by atoms with van der Waals surface area (Å²) in [4.78, 5) is 24.5. The minimum Gasteiger partial charge on any atom is -0.492 e. The lowest BCUT2D eigenvalue weighted by atomic mass is 9.97. The van der Waals surface area contributed by atoms with Gasteiger partial charge in [0.2, 0.25) is 0 Å². The van der Waals surface area contributed by atoms with E-state index in [0.717, 1.165) is 33.7 Å². The molecule has 2 aromatic carbocycles. The summed E-state index contributed by atoms with van der Waals surface area (Å²) in [6.07, 6.45) is 0.479. The third-order valence-electron chi connectivity index (χ3n) is 4.55. The SMILES string of the molecule is Cc1cc(C)c(NC(=O)COC(=O)[C@H]2COc3ccc(Cl)cc3C2)c(C)c1. The van der Waals surface area contributed by atoms with Crippen LogP contribution in [0.15, 0.2) is 30.3 Å². The number of anilines is 1. The van der Waals surface area contributed by atoms with E-state index >= 15 is 0 Å². The molecule has 0 fully saturated rings. The minimum atomic E-state index is -0.452. The number of aryl methyl sites for hydroxylation is 3. The highest BCUT2D eigenvalue weighted by Crippen LogP contribution is 2.30. The molecule has 142 valence electrons. The highest BCUT2D eigenvalue weighted by Gasteiger charge is 2.28. The van der Waals surface area contributed by atoms with E-state index in [1.165, 1.54) is 0 Å². The van der Waals surface area contributed by atoms with Crippen LogP contribution in [0.1, 0.15) is 22.3 Å². The number of rotatable bonds is 4. The Kier molecular flexibility index (Phi) is 5.71. The Bertz CT molecular complexity index is 871.